The summed E-state index contributed by atoms with van der Waals surface area (Å²) in [6, 6.07) is 6.62. The van der Waals surface area contributed by atoms with Crippen LogP contribution in [0.4, 0.5) is 4.39 Å². The third-order valence-electron chi connectivity index (χ3n) is 2.34. The zero-order valence-corrected chi connectivity index (χ0v) is 8.44. The van der Waals surface area contributed by atoms with Crippen LogP contribution in [-0.4, -0.2) is 9.55 Å². The molecular weight excluding hydrogens is 193 g/mol. The number of benzene rings is 1. The number of imidazole rings is 1. The minimum Gasteiger partial charge on any atom is -0.333 e. The van der Waals surface area contributed by atoms with Crippen molar-refractivity contribution in [3.05, 3.63) is 42.1 Å². The average Bonchev–Trinajstić information content (AvgIpc) is 2.60. The molecule has 0 saturated heterocycles. The predicted molar refractivity (Wildman–Crippen MR) is 56.5 cm³/mol. The largest absolute Gasteiger partial charge is 0.333 e. The molecule has 0 radical (unpaired) electrons. The van der Waals surface area contributed by atoms with Gasteiger partial charge in [-0.15, -0.1) is 0 Å². The Morgan fingerprint density at radius 3 is 2.80 bits per heavy atom. The number of hydrogen-bond donors (Lipinski definition) is 1. The molecule has 1 heterocycles. The zero-order chi connectivity index (χ0) is 10.8. The molecule has 15 heavy (non-hydrogen) atoms. The van der Waals surface area contributed by atoms with Crippen molar-refractivity contribution in [2.45, 2.75) is 6.54 Å². The van der Waals surface area contributed by atoms with Gasteiger partial charge in [-0.2, -0.15) is 0 Å². The summed E-state index contributed by atoms with van der Waals surface area (Å²) in [5.74, 6) is -0.254. The fourth-order valence-corrected chi connectivity index (χ4v) is 1.63. The Kier molecular flexibility index (Phi) is 2.51. The highest BCUT2D eigenvalue weighted by atomic mass is 19.1. The van der Waals surface area contributed by atoms with E-state index in [-0.39, 0.29) is 5.82 Å². The van der Waals surface area contributed by atoms with Crippen LogP contribution in [0, 0.1) is 5.82 Å². The van der Waals surface area contributed by atoms with Gasteiger partial charge in [-0.05, 0) is 12.1 Å². The van der Waals surface area contributed by atoms with Gasteiger partial charge in [-0.1, -0.05) is 12.1 Å². The van der Waals surface area contributed by atoms with E-state index in [1.807, 2.05) is 7.05 Å². The van der Waals surface area contributed by atoms with E-state index in [1.54, 1.807) is 29.1 Å². The normalized spacial score (nSPS) is 10.6. The molecule has 78 valence electrons. The number of aromatic nitrogens is 2. The summed E-state index contributed by atoms with van der Waals surface area (Å²) in [5.41, 5.74) is 7.55. The third-order valence-corrected chi connectivity index (χ3v) is 2.34. The molecular formula is C11H12FN3. The molecule has 0 saturated carbocycles. The Balaban J connectivity index is 2.63. The molecule has 1 aromatic carbocycles. The van der Waals surface area contributed by atoms with Crippen molar-refractivity contribution in [1.29, 1.82) is 0 Å². The summed E-state index contributed by atoms with van der Waals surface area (Å²) < 4.78 is 15.3. The lowest BCUT2D eigenvalue weighted by Gasteiger charge is -2.06. The highest BCUT2D eigenvalue weighted by Crippen LogP contribution is 2.24. The SMILES string of the molecule is Cn1cnc(CN)c1-c1ccccc1F. The summed E-state index contributed by atoms with van der Waals surface area (Å²) in [7, 11) is 1.83. The molecule has 1 aromatic heterocycles. The first-order chi connectivity index (χ1) is 7.24. The Bertz CT molecular complexity index is 476. The fraction of sp³-hybridized carbons (Fsp3) is 0.182. The number of rotatable bonds is 2. The van der Waals surface area contributed by atoms with Crippen LogP contribution < -0.4 is 5.73 Å². The van der Waals surface area contributed by atoms with Crippen molar-refractivity contribution >= 4 is 0 Å². The maximum Gasteiger partial charge on any atom is 0.132 e. The lowest BCUT2D eigenvalue weighted by Crippen LogP contribution is -2.01. The molecule has 0 aliphatic carbocycles. The fourth-order valence-electron chi connectivity index (χ4n) is 1.63. The smallest absolute Gasteiger partial charge is 0.132 e. The van der Waals surface area contributed by atoms with Gasteiger partial charge in [0.25, 0.3) is 0 Å². The number of halogens is 1. The molecule has 0 aliphatic heterocycles. The number of nitrogens with zero attached hydrogens (tertiary/aromatic N) is 2. The van der Waals surface area contributed by atoms with E-state index < -0.39 is 0 Å². The maximum absolute atomic E-state index is 13.6. The zero-order valence-electron chi connectivity index (χ0n) is 8.44. The molecule has 0 bridgehead atoms. The summed E-state index contributed by atoms with van der Waals surface area (Å²) in [6.45, 7) is 0.310. The van der Waals surface area contributed by atoms with E-state index in [9.17, 15) is 4.39 Å². The Morgan fingerprint density at radius 1 is 1.40 bits per heavy atom. The van der Waals surface area contributed by atoms with Crippen molar-refractivity contribution in [1.82, 2.24) is 9.55 Å². The van der Waals surface area contributed by atoms with Crippen LogP contribution in [0.3, 0.4) is 0 Å². The second-order valence-corrected chi connectivity index (χ2v) is 3.33. The average molecular weight is 205 g/mol. The van der Waals surface area contributed by atoms with Gasteiger partial charge in [0.2, 0.25) is 0 Å². The van der Waals surface area contributed by atoms with Crippen LogP contribution >= 0.6 is 0 Å². The van der Waals surface area contributed by atoms with Crippen molar-refractivity contribution in [3.63, 3.8) is 0 Å². The van der Waals surface area contributed by atoms with E-state index in [0.717, 1.165) is 5.69 Å². The lowest BCUT2D eigenvalue weighted by molar-refractivity contribution is 0.629. The first-order valence-corrected chi connectivity index (χ1v) is 4.69. The minimum absolute atomic E-state index is 0.254. The molecule has 0 unspecified atom stereocenters. The number of hydrogen-bond acceptors (Lipinski definition) is 2. The van der Waals surface area contributed by atoms with Crippen LogP contribution in [0.25, 0.3) is 11.3 Å². The van der Waals surface area contributed by atoms with Crippen molar-refractivity contribution in [2.24, 2.45) is 12.8 Å². The van der Waals surface area contributed by atoms with Gasteiger partial charge in [0, 0.05) is 19.2 Å². The highest BCUT2D eigenvalue weighted by molar-refractivity contribution is 5.63. The van der Waals surface area contributed by atoms with Crippen LogP contribution in [0.2, 0.25) is 0 Å². The topological polar surface area (TPSA) is 43.8 Å². The van der Waals surface area contributed by atoms with Gasteiger partial charge in [-0.25, -0.2) is 9.37 Å². The second kappa shape index (κ2) is 3.82. The van der Waals surface area contributed by atoms with Gasteiger partial charge in [0.05, 0.1) is 17.7 Å². The summed E-state index contributed by atoms with van der Waals surface area (Å²) in [5, 5.41) is 0. The molecule has 0 spiro atoms. The van der Waals surface area contributed by atoms with E-state index in [4.69, 9.17) is 5.73 Å². The third kappa shape index (κ3) is 1.64. The number of aryl methyl sites for hydroxylation is 1. The van der Waals surface area contributed by atoms with Gasteiger partial charge in [0.15, 0.2) is 0 Å². The molecule has 2 N–H and O–H groups in total. The van der Waals surface area contributed by atoms with E-state index in [2.05, 4.69) is 4.98 Å². The summed E-state index contributed by atoms with van der Waals surface area (Å²) in [4.78, 5) is 4.12. The van der Waals surface area contributed by atoms with Crippen molar-refractivity contribution in [2.75, 3.05) is 0 Å². The van der Waals surface area contributed by atoms with Crippen LogP contribution in [0.15, 0.2) is 30.6 Å². The van der Waals surface area contributed by atoms with Gasteiger partial charge in [0.1, 0.15) is 5.82 Å². The Labute approximate surface area is 87.4 Å². The molecule has 2 aromatic rings. The number of nitrogens with two attached hydrogens (primary N) is 1. The predicted octanol–water partition coefficient (Wildman–Crippen LogP) is 1.68. The highest BCUT2D eigenvalue weighted by Gasteiger charge is 2.12. The molecule has 4 heteroatoms. The van der Waals surface area contributed by atoms with Crippen LogP contribution in [0.1, 0.15) is 5.69 Å². The van der Waals surface area contributed by atoms with Crippen LogP contribution in [0.5, 0.6) is 0 Å². The first kappa shape index (κ1) is 9.86. The quantitative estimate of drug-likeness (QED) is 0.810. The lowest BCUT2D eigenvalue weighted by atomic mass is 10.1. The van der Waals surface area contributed by atoms with Crippen LogP contribution in [-0.2, 0) is 13.6 Å². The summed E-state index contributed by atoms with van der Waals surface area (Å²) >= 11 is 0. The van der Waals surface area contributed by atoms with E-state index in [1.165, 1.54) is 6.07 Å². The monoisotopic (exact) mass is 205 g/mol. The molecule has 0 fully saturated rings. The molecule has 2 rings (SSSR count). The van der Waals surface area contributed by atoms with E-state index in [0.29, 0.717) is 17.8 Å². The van der Waals surface area contributed by atoms with Gasteiger partial charge in [-0.3, -0.25) is 0 Å². The van der Waals surface area contributed by atoms with E-state index >= 15 is 0 Å². The summed E-state index contributed by atoms with van der Waals surface area (Å²) in [6.07, 6.45) is 1.64. The standard InChI is InChI=1S/C11H12FN3/c1-15-7-14-10(6-13)11(15)8-4-2-3-5-9(8)12/h2-5,7H,6,13H2,1H3. The minimum atomic E-state index is -0.254. The first-order valence-electron chi connectivity index (χ1n) is 4.69. The van der Waals surface area contributed by atoms with Crippen molar-refractivity contribution < 1.29 is 4.39 Å². The maximum atomic E-state index is 13.6. The molecule has 0 amide bonds. The van der Waals surface area contributed by atoms with Gasteiger partial charge >= 0.3 is 0 Å². The van der Waals surface area contributed by atoms with Gasteiger partial charge < -0.3 is 10.3 Å². The second-order valence-electron chi connectivity index (χ2n) is 3.33. The molecule has 3 nitrogen and oxygen atoms in total. The Hall–Kier alpha value is -1.68. The molecule has 0 aliphatic rings. The Morgan fingerprint density at radius 2 is 2.13 bits per heavy atom. The van der Waals surface area contributed by atoms with Crippen molar-refractivity contribution in [3.8, 4) is 11.3 Å². The molecule has 0 atom stereocenters.